The summed E-state index contributed by atoms with van der Waals surface area (Å²) in [5.74, 6) is 0.649. The smallest absolute Gasteiger partial charge is 0.224 e. The average molecular weight is 286 g/mol. The van der Waals surface area contributed by atoms with E-state index in [2.05, 4.69) is 43.4 Å². The van der Waals surface area contributed by atoms with E-state index in [4.69, 9.17) is 5.73 Å². The fraction of sp³-hybridized carbons (Fsp3) is 0.611. The van der Waals surface area contributed by atoms with Gasteiger partial charge in [0.15, 0.2) is 0 Å². The monoisotopic (exact) mass is 286 g/mol. The normalized spacial score (nSPS) is 29.3. The van der Waals surface area contributed by atoms with Gasteiger partial charge in [0, 0.05) is 17.9 Å². The lowest BCUT2D eigenvalue weighted by atomic mass is 9.87. The summed E-state index contributed by atoms with van der Waals surface area (Å²) in [4.78, 5) is 12.7. The molecule has 3 heteroatoms. The summed E-state index contributed by atoms with van der Waals surface area (Å²) in [6.07, 6.45) is 3.22. The summed E-state index contributed by atoms with van der Waals surface area (Å²) in [6, 6.07) is 8.60. The maximum absolute atomic E-state index is 12.7. The first-order chi connectivity index (χ1) is 9.93. The standard InChI is InChI=1S/C18H26N2O/c1-12(2)17(3,11-19)20-16(21)15-10-18(15)9-8-13-6-4-5-7-14(13)18/h4-7,12,15H,8-11,19H2,1-3H3,(H,20,21). The van der Waals surface area contributed by atoms with E-state index in [0.29, 0.717) is 12.5 Å². The van der Waals surface area contributed by atoms with Crippen molar-refractivity contribution < 1.29 is 4.79 Å². The summed E-state index contributed by atoms with van der Waals surface area (Å²) >= 11 is 0. The van der Waals surface area contributed by atoms with Crippen molar-refractivity contribution in [3.8, 4) is 0 Å². The summed E-state index contributed by atoms with van der Waals surface area (Å²) in [6.45, 7) is 6.75. The van der Waals surface area contributed by atoms with Gasteiger partial charge in [-0.2, -0.15) is 0 Å². The highest BCUT2D eigenvalue weighted by atomic mass is 16.2. The molecule has 1 aromatic rings. The molecule has 1 amide bonds. The number of fused-ring (bicyclic) bond motifs is 2. The van der Waals surface area contributed by atoms with Gasteiger partial charge in [0.05, 0.1) is 5.54 Å². The number of nitrogens with one attached hydrogen (secondary N) is 1. The molecule has 0 radical (unpaired) electrons. The molecule has 1 fully saturated rings. The van der Waals surface area contributed by atoms with Crippen molar-refractivity contribution in [3.63, 3.8) is 0 Å². The minimum Gasteiger partial charge on any atom is -0.349 e. The zero-order valence-electron chi connectivity index (χ0n) is 13.3. The minimum atomic E-state index is -0.307. The lowest BCUT2D eigenvalue weighted by Gasteiger charge is -2.34. The topological polar surface area (TPSA) is 55.1 Å². The third-order valence-electron chi connectivity index (χ3n) is 5.89. The van der Waals surface area contributed by atoms with Crippen LogP contribution in [0.5, 0.6) is 0 Å². The number of hydrogen-bond donors (Lipinski definition) is 2. The maximum Gasteiger partial charge on any atom is 0.224 e. The van der Waals surface area contributed by atoms with E-state index in [0.717, 1.165) is 19.3 Å². The molecule has 0 heterocycles. The van der Waals surface area contributed by atoms with Crippen molar-refractivity contribution >= 4 is 5.91 Å². The van der Waals surface area contributed by atoms with Gasteiger partial charge in [-0.25, -0.2) is 0 Å². The molecule has 3 unspecified atom stereocenters. The SMILES string of the molecule is CC(C)C(C)(CN)NC(=O)C1CC12CCc1ccccc12. The Balaban J connectivity index is 1.76. The molecule has 3 N–H and O–H groups in total. The molecular formula is C18H26N2O. The van der Waals surface area contributed by atoms with Crippen LogP contribution >= 0.6 is 0 Å². The molecule has 0 aliphatic heterocycles. The van der Waals surface area contributed by atoms with Crippen LogP contribution < -0.4 is 11.1 Å². The molecule has 21 heavy (non-hydrogen) atoms. The van der Waals surface area contributed by atoms with Crippen molar-refractivity contribution in [2.24, 2.45) is 17.6 Å². The van der Waals surface area contributed by atoms with Gasteiger partial charge in [-0.15, -0.1) is 0 Å². The Morgan fingerprint density at radius 2 is 2.19 bits per heavy atom. The zero-order valence-corrected chi connectivity index (χ0v) is 13.3. The first-order valence-electron chi connectivity index (χ1n) is 8.03. The molecule has 0 aromatic heterocycles. The highest BCUT2D eigenvalue weighted by Crippen LogP contribution is 2.61. The van der Waals surface area contributed by atoms with Gasteiger partial charge in [-0.1, -0.05) is 38.1 Å². The molecule has 2 aliphatic rings. The van der Waals surface area contributed by atoms with Crippen molar-refractivity contribution in [2.75, 3.05) is 6.54 Å². The summed E-state index contributed by atoms with van der Waals surface area (Å²) < 4.78 is 0. The highest BCUT2D eigenvalue weighted by molar-refractivity contribution is 5.85. The second kappa shape index (κ2) is 4.84. The Labute approximate surface area is 127 Å². The number of aryl methyl sites for hydroxylation is 1. The van der Waals surface area contributed by atoms with Crippen LogP contribution in [0.25, 0.3) is 0 Å². The number of carbonyl (C=O) groups excluding carboxylic acids is 1. The average Bonchev–Trinajstić information content (AvgIpc) is 3.09. The van der Waals surface area contributed by atoms with Crippen molar-refractivity contribution in [1.29, 1.82) is 0 Å². The molecule has 0 saturated heterocycles. The van der Waals surface area contributed by atoms with E-state index in [9.17, 15) is 4.79 Å². The Bertz CT molecular complexity index is 568. The van der Waals surface area contributed by atoms with Crippen LogP contribution in [0.2, 0.25) is 0 Å². The van der Waals surface area contributed by atoms with Crippen LogP contribution in [-0.4, -0.2) is 18.0 Å². The summed E-state index contributed by atoms with van der Waals surface area (Å²) in [5, 5.41) is 3.22. The van der Waals surface area contributed by atoms with Gasteiger partial charge < -0.3 is 11.1 Å². The number of rotatable bonds is 4. The van der Waals surface area contributed by atoms with Crippen molar-refractivity contribution in [2.45, 2.75) is 51.0 Å². The zero-order chi connectivity index (χ0) is 15.3. The lowest BCUT2D eigenvalue weighted by Crippen LogP contribution is -2.55. The molecule has 3 atom stereocenters. The number of benzene rings is 1. The Hall–Kier alpha value is -1.35. The second-order valence-corrected chi connectivity index (χ2v) is 7.34. The highest BCUT2D eigenvalue weighted by Gasteiger charge is 2.61. The number of amides is 1. The van der Waals surface area contributed by atoms with Crippen LogP contribution in [0.3, 0.4) is 0 Å². The fourth-order valence-corrected chi connectivity index (χ4v) is 3.74. The van der Waals surface area contributed by atoms with E-state index < -0.39 is 0 Å². The van der Waals surface area contributed by atoms with Crippen LogP contribution in [0.15, 0.2) is 24.3 Å². The molecule has 2 aliphatic carbocycles. The predicted molar refractivity (Wildman–Crippen MR) is 85.0 cm³/mol. The van der Waals surface area contributed by atoms with Gasteiger partial charge in [0.2, 0.25) is 5.91 Å². The van der Waals surface area contributed by atoms with Crippen LogP contribution in [0, 0.1) is 11.8 Å². The van der Waals surface area contributed by atoms with Crippen molar-refractivity contribution in [3.05, 3.63) is 35.4 Å². The quantitative estimate of drug-likeness (QED) is 0.893. The minimum absolute atomic E-state index is 0.118. The maximum atomic E-state index is 12.7. The fourth-order valence-electron chi connectivity index (χ4n) is 3.74. The molecular weight excluding hydrogens is 260 g/mol. The Morgan fingerprint density at radius 3 is 2.86 bits per heavy atom. The molecule has 0 bridgehead atoms. The van der Waals surface area contributed by atoms with Gasteiger partial charge >= 0.3 is 0 Å². The number of nitrogens with two attached hydrogens (primary N) is 1. The van der Waals surface area contributed by atoms with Gasteiger partial charge in [-0.05, 0) is 43.2 Å². The second-order valence-electron chi connectivity index (χ2n) is 7.34. The number of hydrogen-bond acceptors (Lipinski definition) is 2. The van der Waals surface area contributed by atoms with E-state index in [-0.39, 0.29) is 22.8 Å². The molecule has 1 saturated carbocycles. The van der Waals surface area contributed by atoms with Crippen LogP contribution in [0.4, 0.5) is 0 Å². The third-order valence-corrected chi connectivity index (χ3v) is 5.89. The van der Waals surface area contributed by atoms with Gasteiger partial charge in [0.1, 0.15) is 0 Å². The van der Waals surface area contributed by atoms with Gasteiger partial charge in [-0.3, -0.25) is 4.79 Å². The molecule has 1 aromatic carbocycles. The van der Waals surface area contributed by atoms with Crippen LogP contribution in [-0.2, 0) is 16.6 Å². The molecule has 3 rings (SSSR count). The van der Waals surface area contributed by atoms with E-state index in [1.807, 2.05) is 6.92 Å². The molecule has 1 spiro atoms. The van der Waals surface area contributed by atoms with E-state index in [1.54, 1.807) is 0 Å². The summed E-state index contributed by atoms with van der Waals surface area (Å²) in [7, 11) is 0. The van der Waals surface area contributed by atoms with E-state index >= 15 is 0 Å². The predicted octanol–water partition coefficient (Wildman–Crippen LogP) is 2.38. The van der Waals surface area contributed by atoms with Crippen LogP contribution in [0.1, 0.15) is 44.7 Å². The van der Waals surface area contributed by atoms with Gasteiger partial charge in [0.25, 0.3) is 0 Å². The molecule has 3 nitrogen and oxygen atoms in total. The Kier molecular flexibility index (Phi) is 3.36. The molecule has 114 valence electrons. The number of carbonyl (C=O) groups is 1. The third kappa shape index (κ3) is 2.18. The van der Waals surface area contributed by atoms with Crippen molar-refractivity contribution in [1.82, 2.24) is 5.32 Å². The first-order valence-corrected chi connectivity index (χ1v) is 8.03. The lowest BCUT2D eigenvalue weighted by molar-refractivity contribution is -0.125. The summed E-state index contributed by atoms with van der Waals surface area (Å²) in [5.41, 5.74) is 8.53. The first kappa shape index (κ1) is 14.6. The largest absolute Gasteiger partial charge is 0.349 e. The Morgan fingerprint density at radius 1 is 1.48 bits per heavy atom. The van der Waals surface area contributed by atoms with E-state index in [1.165, 1.54) is 11.1 Å².